The molecule has 0 aliphatic rings. The number of aryl methyl sites for hydroxylation is 1. The predicted molar refractivity (Wildman–Crippen MR) is 38.8 cm³/mol. The van der Waals surface area contributed by atoms with E-state index in [9.17, 15) is 4.39 Å². The van der Waals surface area contributed by atoms with E-state index in [0.717, 1.165) is 6.20 Å². The van der Waals surface area contributed by atoms with E-state index >= 15 is 0 Å². The molecule has 0 saturated carbocycles. The SMILES string of the molecule is Cc1cncc(B(O)O)c1F. The van der Waals surface area contributed by atoms with Crippen LogP contribution in [0.4, 0.5) is 4.39 Å². The van der Waals surface area contributed by atoms with E-state index < -0.39 is 12.9 Å². The Balaban J connectivity index is 3.17. The van der Waals surface area contributed by atoms with E-state index in [0.29, 0.717) is 5.56 Å². The summed E-state index contributed by atoms with van der Waals surface area (Å²) in [6.45, 7) is 1.51. The third kappa shape index (κ3) is 1.55. The molecule has 58 valence electrons. The van der Waals surface area contributed by atoms with Gasteiger partial charge in [0.2, 0.25) is 0 Å². The van der Waals surface area contributed by atoms with Gasteiger partial charge in [0, 0.05) is 23.4 Å². The minimum atomic E-state index is -1.79. The highest BCUT2D eigenvalue weighted by Crippen LogP contribution is 1.99. The number of halogens is 1. The van der Waals surface area contributed by atoms with E-state index in [-0.39, 0.29) is 5.46 Å². The van der Waals surface area contributed by atoms with Crippen LogP contribution >= 0.6 is 0 Å². The zero-order chi connectivity index (χ0) is 8.43. The third-order valence-electron chi connectivity index (χ3n) is 1.36. The lowest BCUT2D eigenvalue weighted by Crippen LogP contribution is -2.33. The number of aromatic nitrogens is 1. The van der Waals surface area contributed by atoms with Crippen molar-refractivity contribution in [1.82, 2.24) is 4.98 Å². The first-order valence-corrected chi connectivity index (χ1v) is 3.09. The summed E-state index contributed by atoms with van der Waals surface area (Å²) in [5, 5.41) is 17.2. The van der Waals surface area contributed by atoms with Crippen molar-refractivity contribution >= 4 is 12.6 Å². The average molecular weight is 155 g/mol. The van der Waals surface area contributed by atoms with Gasteiger partial charge >= 0.3 is 7.12 Å². The first kappa shape index (κ1) is 8.16. The molecule has 1 heterocycles. The molecule has 0 saturated heterocycles. The molecule has 0 unspecified atom stereocenters. The maximum atomic E-state index is 12.9. The summed E-state index contributed by atoms with van der Waals surface area (Å²) in [6, 6.07) is 0. The van der Waals surface area contributed by atoms with Gasteiger partial charge in [0.25, 0.3) is 0 Å². The fraction of sp³-hybridized carbons (Fsp3) is 0.167. The quantitative estimate of drug-likeness (QED) is 0.522. The molecule has 5 heteroatoms. The van der Waals surface area contributed by atoms with Gasteiger partial charge in [-0.05, 0) is 6.92 Å². The zero-order valence-electron chi connectivity index (χ0n) is 5.95. The Kier molecular flexibility index (Phi) is 2.21. The first-order valence-electron chi connectivity index (χ1n) is 3.09. The topological polar surface area (TPSA) is 53.4 Å². The lowest BCUT2D eigenvalue weighted by atomic mass is 9.80. The summed E-state index contributed by atoms with van der Waals surface area (Å²) < 4.78 is 12.9. The van der Waals surface area contributed by atoms with E-state index in [2.05, 4.69) is 4.98 Å². The van der Waals surface area contributed by atoms with Crippen LogP contribution < -0.4 is 5.46 Å². The van der Waals surface area contributed by atoms with Gasteiger partial charge in [0.15, 0.2) is 0 Å². The van der Waals surface area contributed by atoms with Crippen LogP contribution in [0.1, 0.15) is 5.56 Å². The van der Waals surface area contributed by atoms with Crippen LogP contribution in [0.25, 0.3) is 0 Å². The minimum Gasteiger partial charge on any atom is -0.423 e. The molecule has 0 fully saturated rings. The monoisotopic (exact) mass is 155 g/mol. The molecule has 0 atom stereocenters. The largest absolute Gasteiger partial charge is 0.493 e. The summed E-state index contributed by atoms with van der Waals surface area (Å²) in [4.78, 5) is 3.61. The van der Waals surface area contributed by atoms with Crippen LogP contribution in [0.5, 0.6) is 0 Å². The summed E-state index contributed by atoms with van der Waals surface area (Å²) >= 11 is 0. The Morgan fingerprint density at radius 2 is 2.09 bits per heavy atom. The Hall–Kier alpha value is -0.935. The Morgan fingerprint density at radius 1 is 1.45 bits per heavy atom. The number of hydrogen-bond donors (Lipinski definition) is 2. The first-order chi connectivity index (χ1) is 5.13. The molecule has 0 bridgehead atoms. The Labute approximate surface area is 63.7 Å². The van der Waals surface area contributed by atoms with Gasteiger partial charge in [-0.3, -0.25) is 4.98 Å². The highest BCUT2D eigenvalue weighted by Gasteiger charge is 2.17. The molecule has 0 spiro atoms. The van der Waals surface area contributed by atoms with Crippen molar-refractivity contribution in [2.45, 2.75) is 6.92 Å². The summed E-state index contributed by atoms with van der Waals surface area (Å²) in [6.07, 6.45) is 2.41. The molecular formula is C6H7BFNO2. The van der Waals surface area contributed by atoms with Crippen LogP contribution in [-0.2, 0) is 0 Å². The van der Waals surface area contributed by atoms with Crippen molar-refractivity contribution < 1.29 is 14.4 Å². The van der Waals surface area contributed by atoms with Crippen molar-refractivity contribution in [2.24, 2.45) is 0 Å². The molecular weight excluding hydrogens is 148 g/mol. The lowest BCUT2D eigenvalue weighted by molar-refractivity contribution is 0.422. The van der Waals surface area contributed by atoms with Crippen LogP contribution in [-0.4, -0.2) is 22.2 Å². The van der Waals surface area contributed by atoms with Gasteiger partial charge in [-0.2, -0.15) is 0 Å². The second kappa shape index (κ2) is 2.98. The van der Waals surface area contributed by atoms with Crippen LogP contribution in [0.3, 0.4) is 0 Å². The van der Waals surface area contributed by atoms with E-state index in [1.807, 2.05) is 0 Å². The summed E-state index contributed by atoms with van der Waals surface area (Å²) in [7, 11) is -1.79. The molecule has 1 rings (SSSR count). The third-order valence-corrected chi connectivity index (χ3v) is 1.36. The second-order valence-electron chi connectivity index (χ2n) is 2.23. The maximum absolute atomic E-state index is 12.9. The molecule has 0 aliphatic carbocycles. The average Bonchev–Trinajstić information content (AvgIpc) is 1.94. The fourth-order valence-corrected chi connectivity index (χ4v) is 0.750. The van der Waals surface area contributed by atoms with Crippen LogP contribution in [0, 0.1) is 12.7 Å². The molecule has 11 heavy (non-hydrogen) atoms. The molecule has 0 aliphatic heterocycles. The van der Waals surface area contributed by atoms with E-state index in [1.165, 1.54) is 13.1 Å². The molecule has 0 aromatic carbocycles. The maximum Gasteiger partial charge on any atom is 0.493 e. The molecule has 1 aromatic rings. The van der Waals surface area contributed by atoms with Gasteiger partial charge in [-0.1, -0.05) is 0 Å². The van der Waals surface area contributed by atoms with Crippen LogP contribution in [0.2, 0.25) is 0 Å². The smallest absolute Gasteiger partial charge is 0.423 e. The lowest BCUT2D eigenvalue weighted by Gasteiger charge is -2.01. The normalized spacial score (nSPS) is 9.82. The summed E-state index contributed by atoms with van der Waals surface area (Å²) in [5.41, 5.74) is 0.112. The zero-order valence-corrected chi connectivity index (χ0v) is 5.95. The van der Waals surface area contributed by atoms with Gasteiger partial charge in [-0.25, -0.2) is 4.39 Å². The van der Waals surface area contributed by atoms with Gasteiger partial charge in [0.05, 0.1) is 0 Å². The van der Waals surface area contributed by atoms with Gasteiger partial charge < -0.3 is 10.0 Å². The second-order valence-corrected chi connectivity index (χ2v) is 2.23. The Bertz CT molecular complexity index is 267. The highest BCUT2D eigenvalue weighted by molar-refractivity contribution is 6.58. The molecule has 1 aromatic heterocycles. The van der Waals surface area contributed by atoms with E-state index in [4.69, 9.17) is 10.0 Å². The van der Waals surface area contributed by atoms with E-state index in [1.54, 1.807) is 0 Å². The molecule has 0 radical (unpaired) electrons. The number of nitrogens with zero attached hydrogens (tertiary/aromatic N) is 1. The number of pyridine rings is 1. The van der Waals surface area contributed by atoms with Crippen molar-refractivity contribution in [3.63, 3.8) is 0 Å². The Morgan fingerprint density at radius 3 is 2.55 bits per heavy atom. The molecule has 3 nitrogen and oxygen atoms in total. The highest BCUT2D eigenvalue weighted by atomic mass is 19.1. The molecule has 0 amide bonds. The van der Waals surface area contributed by atoms with Gasteiger partial charge in [-0.15, -0.1) is 0 Å². The minimum absolute atomic E-state index is 0.190. The van der Waals surface area contributed by atoms with Gasteiger partial charge in [0.1, 0.15) is 5.82 Å². The number of hydrogen-bond acceptors (Lipinski definition) is 3. The predicted octanol–water partition coefficient (Wildman–Crippen LogP) is -0.791. The van der Waals surface area contributed by atoms with Crippen molar-refractivity contribution in [2.75, 3.05) is 0 Å². The van der Waals surface area contributed by atoms with Crippen LogP contribution in [0.15, 0.2) is 12.4 Å². The standard InChI is InChI=1S/C6H7BFNO2/c1-4-2-9-3-5(6(4)8)7(10)11/h2-3,10-11H,1H3. The van der Waals surface area contributed by atoms with Crippen molar-refractivity contribution in [1.29, 1.82) is 0 Å². The van der Waals surface area contributed by atoms with Crippen molar-refractivity contribution in [3.8, 4) is 0 Å². The number of rotatable bonds is 1. The fourth-order valence-electron chi connectivity index (χ4n) is 0.750. The van der Waals surface area contributed by atoms with Crippen molar-refractivity contribution in [3.05, 3.63) is 23.8 Å². The summed E-state index contributed by atoms with van der Waals surface area (Å²) in [5.74, 6) is -0.616. The molecule has 2 N–H and O–H groups in total.